The summed E-state index contributed by atoms with van der Waals surface area (Å²) >= 11 is -2.57. The third kappa shape index (κ3) is 8.48. The van der Waals surface area contributed by atoms with Gasteiger partial charge in [-0.3, -0.25) is 4.98 Å². The predicted octanol–water partition coefficient (Wildman–Crippen LogP) is 14.3. The topological polar surface area (TPSA) is 43.9 Å². The van der Waals surface area contributed by atoms with Gasteiger partial charge in [0.2, 0.25) is 0 Å². The molecule has 3 aromatic heterocycles. The molecule has 0 aliphatic heterocycles. The molecule has 7 aromatic carbocycles. The van der Waals surface area contributed by atoms with Crippen molar-refractivity contribution in [3.8, 4) is 50.6 Å². The Bertz CT molecular complexity index is 3530. The number of pyridine rings is 1. The molecule has 7 heteroatoms. The van der Waals surface area contributed by atoms with Crippen molar-refractivity contribution >= 4 is 50.6 Å². The molecule has 0 fully saturated rings. The zero-order chi connectivity index (χ0) is 48.4. The van der Waals surface area contributed by atoms with Crippen molar-refractivity contribution in [2.45, 2.75) is 43.5 Å². The number of imidazole rings is 1. The van der Waals surface area contributed by atoms with Gasteiger partial charge in [-0.1, -0.05) is 105 Å². The summed E-state index contributed by atoms with van der Waals surface area (Å²) in [5.41, 5.74) is 10.1. The number of hydrogen-bond acceptors (Lipinski definition) is 3. The molecule has 10 rings (SSSR count). The van der Waals surface area contributed by atoms with Crippen LogP contribution >= 0.6 is 0 Å². The van der Waals surface area contributed by atoms with Crippen LogP contribution < -0.4 is 4.40 Å². The Kier molecular flexibility index (Phi) is 9.75. The van der Waals surface area contributed by atoms with Gasteiger partial charge in [0.05, 0.1) is 28.1 Å². The number of para-hydroxylation sites is 2. The Morgan fingerprint density at radius 3 is 2.10 bits per heavy atom. The van der Waals surface area contributed by atoms with Crippen molar-refractivity contribution < 1.29 is 38.5 Å². The first-order valence-corrected chi connectivity index (χ1v) is 27.5. The first-order chi connectivity index (χ1) is 32.3. The van der Waals surface area contributed by atoms with Gasteiger partial charge in [0.25, 0.3) is 0 Å². The monoisotopic (exact) mass is 1060 g/mol. The Hall–Kier alpha value is -5.92. The smallest absolute Gasteiger partial charge is 0 e. The molecule has 10 aromatic rings. The average molecular weight is 1060 g/mol. The quantitative estimate of drug-likeness (QED) is 0.123. The van der Waals surface area contributed by atoms with Gasteiger partial charge in [0, 0.05) is 42.7 Å². The molecule has 0 aliphatic rings. The van der Waals surface area contributed by atoms with Gasteiger partial charge in [0.15, 0.2) is 0 Å². The molecule has 0 aliphatic carbocycles. The Morgan fingerprint density at radius 2 is 1.42 bits per heavy atom. The van der Waals surface area contributed by atoms with Crippen LogP contribution in [0.2, 0.25) is 17.3 Å². The number of rotatable bonds is 6. The van der Waals surface area contributed by atoms with E-state index in [-0.39, 0.29) is 72.9 Å². The average Bonchev–Trinajstić information content (AvgIpc) is 3.88. The largest absolute Gasteiger partial charge is 0 e. The van der Waals surface area contributed by atoms with Crippen LogP contribution in [0.3, 0.4) is 0 Å². The fourth-order valence-corrected chi connectivity index (χ4v) is 9.16. The molecule has 0 bridgehead atoms. The summed E-state index contributed by atoms with van der Waals surface area (Å²) in [4.78, 5) is 9.31. The van der Waals surface area contributed by atoms with Crippen molar-refractivity contribution in [2.24, 2.45) is 0 Å². The van der Waals surface area contributed by atoms with E-state index in [1.165, 1.54) is 17.7 Å². The molecule has 62 heavy (non-hydrogen) atoms. The number of hydrogen-bond donors (Lipinski definition) is 0. The maximum Gasteiger partial charge on any atom is 0 e. The molecule has 1 radical (unpaired) electrons. The summed E-state index contributed by atoms with van der Waals surface area (Å²) in [5, 5.41) is 1.75. The molecule has 309 valence electrons. The van der Waals surface area contributed by atoms with Crippen LogP contribution in [0.25, 0.3) is 83.6 Å². The SMILES string of the molecule is CC(C)(C)c1cc(-c2ccccc2)c(-n2c(-c3[c-]ccc4c3oc3cc(F)ccc34)nc3ccccc32)c(-c2ccccc2)c1.[2H]c1[c-]c(-c2nc([2H])[c]([Ge]([CH3])([CH3])[CH3])c([2H])c2[2H])c([2H])c([2H])c1[2H].[Ir]. The molecule has 4 nitrogen and oxygen atoms in total. The van der Waals surface area contributed by atoms with E-state index in [1.807, 2.05) is 59.7 Å². The first kappa shape index (κ1) is 34.6. The van der Waals surface area contributed by atoms with E-state index in [0.717, 1.165) is 55.3 Å². The van der Waals surface area contributed by atoms with Gasteiger partial charge < -0.3 is 8.98 Å². The second-order valence-corrected chi connectivity index (χ2v) is 27.4. The molecular formula is C55H46FGeIrN3O-2. The number of benzene rings is 7. The van der Waals surface area contributed by atoms with Gasteiger partial charge in [-0.2, -0.15) is 0 Å². The molecule has 0 amide bonds. The Balaban J connectivity index is 0.000000227. The summed E-state index contributed by atoms with van der Waals surface area (Å²) in [6, 6.07) is 46.6. The van der Waals surface area contributed by atoms with E-state index in [9.17, 15) is 4.39 Å². The zero-order valence-corrected chi connectivity index (χ0v) is 39.6. The first-order valence-electron chi connectivity index (χ1n) is 23.6. The second kappa shape index (κ2) is 17.5. The molecular weight excluding hydrogens is 1000 g/mol. The molecule has 0 saturated heterocycles. The third-order valence-corrected chi connectivity index (χ3v) is 14.3. The second-order valence-electron chi connectivity index (χ2n) is 16.9. The number of aromatic nitrogens is 3. The predicted molar refractivity (Wildman–Crippen MR) is 254 cm³/mol. The van der Waals surface area contributed by atoms with Crippen molar-refractivity contribution in [3.05, 3.63) is 193 Å². The van der Waals surface area contributed by atoms with Crippen LogP contribution in [-0.2, 0) is 25.5 Å². The molecule has 0 atom stereocenters. The Labute approximate surface area is 389 Å². The minimum absolute atomic E-state index is 0. The van der Waals surface area contributed by atoms with Crippen molar-refractivity contribution in [2.75, 3.05) is 0 Å². The van der Waals surface area contributed by atoms with Crippen LogP contribution in [-0.4, -0.2) is 27.8 Å². The van der Waals surface area contributed by atoms with Crippen LogP contribution in [0.5, 0.6) is 0 Å². The summed E-state index contributed by atoms with van der Waals surface area (Å²) < 4.78 is 78.7. The summed E-state index contributed by atoms with van der Waals surface area (Å²) in [7, 11) is 0. The van der Waals surface area contributed by atoms with E-state index in [1.54, 1.807) is 6.07 Å². The summed E-state index contributed by atoms with van der Waals surface area (Å²) in [6.45, 7) is 6.76. The molecule has 0 spiro atoms. The van der Waals surface area contributed by atoms with Crippen LogP contribution in [0.15, 0.2) is 174 Å². The normalized spacial score (nSPS) is 13.2. The van der Waals surface area contributed by atoms with E-state index in [2.05, 4.69) is 109 Å². The third-order valence-electron chi connectivity index (χ3n) is 10.6. The maximum absolute atomic E-state index is 14.3. The fraction of sp³-hybridized carbons (Fsp3) is 0.127. The van der Waals surface area contributed by atoms with Crippen molar-refractivity contribution in [3.63, 3.8) is 0 Å². The van der Waals surface area contributed by atoms with Crippen LogP contribution in [0.1, 0.15) is 35.9 Å². The van der Waals surface area contributed by atoms with Gasteiger partial charge in [-0.05, 0) is 58.5 Å². The number of halogens is 1. The zero-order valence-electron chi connectivity index (χ0n) is 42.1. The van der Waals surface area contributed by atoms with E-state index >= 15 is 0 Å². The van der Waals surface area contributed by atoms with Crippen LogP contribution in [0.4, 0.5) is 4.39 Å². The minimum atomic E-state index is -2.57. The van der Waals surface area contributed by atoms with Crippen molar-refractivity contribution in [1.82, 2.24) is 14.5 Å². The van der Waals surface area contributed by atoms with E-state index < -0.39 is 25.4 Å². The van der Waals surface area contributed by atoms with Crippen LogP contribution in [0, 0.1) is 17.9 Å². The van der Waals surface area contributed by atoms with E-state index in [0.29, 0.717) is 21.4 Å². The van der Waals surface area contributed by atoms with E-state index in [4.69, 9.17) is 19.0 Å². The molecule has 0 unspecified atom stereocenters. The minimum Gasteiger partial charge on any atom is 0 e. The molecule has 0 saturated carbocycles. The Morgan fingerprint density at radius 1 is 0.742 bits per heavy atom. The van der Waals surface area contributed by atoms with Gasteiger partial charge >= 0.3 is 109 Å². The standard InChI is InChI=1S/C41H30FN2O.C14H16GeN.Ir/c1-41(2,3)28-23-33(26-13-6-4-7-14-26)38(34(24-28)27-15-8-5-9-16-27)44-36-20-11-10-19-35(36)43-40(44)32-18-12-17-31-30-22-21-29(42)25-37(30)45-39(31)32;1-15(2,3)13-9-10-14(16-11-13)12-7-5-4-6-8-12;/h4-17,19-25H,1-3H3;4-7,9-11H,1-3H3;/q2*-1;/i;4D,5D,6D,7D,9D,10D,11D;. The fourth-order valence-electron chi connectivity index (χ4n) is 7.42. The molecule has 0 N–H and O–H groups in total. The van der Waals surface area contributed by atoms with Gasteiger partial charge in [0.1, 0.15) is 11.4 Å². The van der Waals surface area contributed by atoms with Gasteiger partial charge in [-0.25, -0.2) is 4.39 Å². The summed E-state index contributed by atoms with van der Waals surface area (Å²) in [5.74, 6) is 6.39. The number of nitrogens with zero attached hydrogens (tertiary/aromatic N) is 3. The summed E-state index contributed by atoms with van der Waals surface area (Å²) in [6.07, 6.45) is -0.0886. The number of fused-ring (bicyclic) bond motifs is 4. The molecule has 3 heterocycles. The van der Waals surface area contributed by atoms with Gasteiger partial charge in [-0.15, -0.1) is 18.2 Å². The van der Waals surface area contributed by atoms with Crippen molar-refractivity contribution in [1.29, 1.82) is 0 Å². The maximum atomic E-state index is 14.3. The number of furan rings is 1.